The van der Waals surface area contributed by atoms with Crippen LogP contribution in [0.5, 0.6) is 0 Å². The lowest BCUT2D eigenvalue weighted by Crippen LogP contribution is -2.47. The van der Waals surface area contributed by atoms with E-state index in [1.54, 1.807) is 45.0 Å². The fourth-order valence-corrected chi connectivity index (χ4v) is 2.65. The molecule has 1 aromatic rings. The van der Waals surface area contributed by atoms with E-state index in [2.05, 4.69) is 5.32 Å². The SMILES string of the molecule is CC(C)(C)OC(=O)NCC(CCCCCO)(C(=O)O)c1ccccc1. The van der Waals surface area contributed by atoms with Crippen LogP contribution in [-0.4, -0.2) is 41.0 Å². The number of rotatable bonds is 9. The van der Waals surface area contributed by atoms with E-state index in [0.717, 1.165) is 6.42 Å². The lowest BCUT2D eigenvalue weighted by Gasteiger charge is -2.31. The molecule has 0 radical (unpaired) electrons. The number of carboxylic acid groups (broad SMARTS) is 1. The highest BCUT2D eigenvalue weighted by atomic mass is 16.6. The Morgan fingerprint density at radius 1 is 1.08 bits per heavy atom. The molecule has 0 aromatic heterocycles. The quantitative estimate of drug-likeness (QED) is 0.594. The van der Waals surface area contributed by atoms with Gasteiger partial charge in [-0.2, -0.15) is 0 Å². The number of unbranched alkanes of at least 4 members (excludes halogenated alkanes) is 2. The van der Waals surface area contributed by atoms with E-state index in [9.17, 15) is 14.7 Å². The van der Waals surface area contributed by atoms with Crippen molar-refractivity contribution in [1.29, 1.82) is 0 Å². The van der Waals surface area contributed by atoms with Crippen LogP contribution < -0.4 is 5.32 Å². The summed E-state index contributed by atoms with van der Waals surface area (Å²) in [5.74, 6) is -0.987. The summed E-state index contributed by atoms with van der Waals surface area (Å²) in [7, 11) is 0. The third kappa shape index (κ3) is 6.74. The maximum absolute atomic E-state index is 12.1. The Morgan fingerprint density at radius 3 is 2.24 bits per heavy atom. The van der Waals surface area contributed by atoms with Gasteiger partial charge >= 0.3 is 12.1 Å². The normalized spacial score (nSPS) is 13.8. The molecule has 6 heteroatoms. The Bertz CT molecular complexity index is 553. The highest BCUT2D eigenvalue weighted by Gasteiger charge is 2.40. The number of aliphatic hydroxyl groups excluding tert-OH is 1. The lowest BCUT2D eigenvalue weighted by atomic mass is 9.76. The maximum Gasteiger partial charge on any atom is 0.407 e. The van der Waals surface area contributed by atoms with Crippen molar-refractivity contribution in [2.45, 2.75) is 57.5 Å². The number of carboxylic acids is 1. The highest BCUT2D eigenvalue weighted by molar-refractivity contribution is 5.82. The molecule has 0 aliphatic heterocycles. The van der Waals surface area contributed by atoms with Gasteiger partial charge in [-0.15, -0.1) is 0 Å². The molecule has 1 unspecified atom stereocenters. The molecule has 1 amide bonds. The Kier molecular flexibility index (Phi) is 7.90. The van der Waals surface area contributed by atoms with Crippen molar-refractivity contribution in [3.05, 3.63) is 35.9 Å². The smallest absolute Gasteiger partial charge is 0.407 e. The molecular weight excluding hydrogens is 322 g/mol. The minimum absolute atomic E-state index is 0.0552. The molecule has 0 saturated heterocycles. The summed E-state index contributed by atoms with van der Waals surface area (Å²) in [6, 6.07) is 8.92. The van der Waals surface area contributed by atoms with E-state index in [4.69, 9.17) is 9.84 Å². The molecule has 0 aliphatic carbocycles. The summed E-state index contributed by atoms with van der Waals surface area (Å²) in [6.45, 7) is 5.29. The number of ether oxygens (including phenoxy) is 1. The summed E-state index contributed by atoms with van der Waals surface area (Å²) in [5.41, 5.74) is -1.24. The molecule has 0 spiro atoms. The summed E-state index contributed by atoms with van der Waals surface area (Å²) in [5, 5.41) is 21.5. The Labute approximate surface area is 149 Å². The van der Waals surface area contributed by atoms with Crippen LogP contribution in [0.1, 0.15) is 52.0 Å². The summed E-state index contributed by atoms with van der Waals surface area (Å²) in [6.07, 6.45) is 1.72. The minimum Gasteiger partial charge on any atom is -0.481 e. The van der Waals surface area contributed by atoms with Crippen molar-refractivity contribution >= 4 is 12.1 Å². The molecule has 140 valence electrons. The van der Waals surface area contributed by atoms with Crippen molar-refractivity contribution in [2.24, 2.45) is 0 Å². The van der Waals surface area contributed by atoms with Crippen molar-refractivity contribution in [3.8, 4) is 0 Å². The zero-order valence-corrected chi connectivity index (χ0v) is 15.2. The largest absolute Gasteiger partial charge is 0.481 e. The van der Waals surface area contributed by atoms with Gasteiger partial charge in [0.15, 0.2) is 0 Å². The number of hydrogen-bond donors (Lipinski definition) is 3. The third-order valence-electron chi connectivity index (χ3n) is 3.93. The Balaban J connectivity index is 2.96. The zero-order chi connectivity index (χ0) is 18.9. The number of nitrogens with one attached hydrogen (secondary N) is 1. The molecule has 0 saturated carbocycles. The number of carbonyl (C=O) groups is 2. The number of alkyl carbamates (subject to hydrolysis) is 1. The molecule has 0 bridgehead atoms. The minimum atomic E-state index is -1.23. The second-order valence-electron chi connectivity index (χ2n) is 7.14. The topological polar surface area (TPSA) is 95.9 Å². The molecule has 6 nitrogen and oxygen atoms in total. The highest BCUT2D eigenvalue weighted by Crippen LogP contribution is 2.30. The first-order chi connectivity index (χ1) is 11.7. The van der Waals surface area contributed by atoms with Gasteiger partial charge in [0.25, 0.3) is 0 Å². The molecule has 0 heterocycles. The molecule has 0 fully saturated rings. The number of hydrogen-bond acceptors (Lipinski definition) is 4. The third-order valence-corrected chi connectivity index (χ3v) is 3.93. The number of carbonyl (C=O) groups excluding carboxylic acids is 1. The average molecular weight is 351 g/mol. The number of amides is 1. The van der Waals surface area contributed by atoms with Gasteiger partial charge in [0.2, 0.25) is 0 Å². The van der Waals surface area contributed by atoms with Gasteiger partial charge in [0.05, 0.1) is 0 Å². The monoisotopic (exact) mass is 351 g/mol. The van der Waals surface area contributed by atoms with Crippen molar-refractivity contribution in [2.75, 3.05) is 13.2 Å². The van der Waals surface area contributed by atoms with Crippen LogP contribution in [0.2, 0.25) is 0 Å². The molecule has 3 N–H and O–H groups in total. The Morgan fingerprint density at radius 2 is 1.72 bits per heavy atom. The van der Waals surface area contributed by atoms with Gasteiger partial charge in [0.1, 0.15) is 11.0 Å². The fourth-order valence-electron chi connectivity index (χ4n) is 2.65. The first-order valence-electron chi connectivity index (χ1n) is 8.58. The van der Waals surface area contributed by atoms with Crippen LogP contribution in [0.3, 0.4) is 0 Å². The van der Waals surface area contributed by atoms with Crippen LogP contribution in [0.15, 0.2) is 30.3 Å². The second-order valence-corrected chi connectivity index (χ2v) is 7.14. The molecular formula is C19H29NO5. The number of benzene rings is 1. The molecule has 1 aromatic carbocycles. The van der Waals surface area contributed by atoms with E-state index in [1.165, 1.54) is 0 Å². The predicted molar refractivity (Wildman–Crippen MR) is 95.5 cm³/mol. The van der Waals surface area contributed by atoms with E-state index in [0.29, 0.717) is 24.8 Å². The predicted octanol–water partition coefficient (Wildman–Crippen LogP) is 3.09. The van der Waals surface area contributed by atoms with Gasteiger partial charge in [-0.25, -0.2) is 4.79 Å². The van der Waals surface area contributed by atoms with Crippen molar-refractivity contribution in [1.82, 2.24) is 5.32 Å². The molecule has 1 rings (SSSR count). The van der Waals surface area contributed by atoms with Gasteiger partial charge in [-0.3, -0.25) is 4.79 Å². The van der Waals surface area contributed by atoms with Gasteiger partial charge in [0, 0.05) is 13.2 Å². The first-order valence-corrected chi connectivity index (χ1v) is 8.58. The first kappa shape index (κ1) is 21.0. The number of aliphatic carboxylic acids is 1. The zero-order valence-electron chi connectivity index (χ0n) is 15.2. The van der Waals surface area contributed by atoms with Crippen LogP contribution in [-0.2, 0) is 14.9 Å². The van der Waals surface area contributed by atoms with Gasteiger partial charge in [-0.05, 0) is 39.2 Å². The standard InChI is InChI=1S/C19H29NO5/c1-18(2,3)25-17(24)20-14-19(16(22)23,12-8-5-9-13-21)15-10-6-4-7-11-15/h4,6-7,10-11,21H,5,8-9,12-14H2,1-3H3,(H,20,24)(H,22,23). The Hall–Kier alpha value is -2.08. The maximum atomic E-state index is 12.1. The lowest BCUT2D eigenvalue weighted by molar-refractivity contribution is -0.144. The summed E-state index contributed by atoms with van der Waals surface area (Å²) < 4.78 is 5.22. The van der Waals surface area contributed by atoms with Gasteiger partial charge < -0.3 is 20.3 Å². The van der Waals surface area contributed by atoms with E-state index in [1.807, 2.05) is 6.07 Å². The molecule has 25 heavy (non-hydrogen) atoms. The van der Waals surface area contributed by atoms with Crippen LogP contribution in [0.25, 0.3) is 0 Å². The fraction of sp³-hybridized carbons (Fsp3) is 0.579. The van der Waals surface area contributed by atoms with Crippen molar-refractivity contribution < 1.29 is 24.5 Å². The summed E-state index contributed by atoms with van der Waals surface area (Å²) in [4.78, 5) is 24.1. The average Bonchev–Trinajstić information content (AvgIpc) is 2.53. The van der Waals surface area contributed by atoms with Crippen molar-refractivity contribution in [3.63, 3.8) is 0 Å². The number of aliphatic hydroxyl groups is 1. The summed E-state index contributed by atoms with van der Waals surface area (Å²) >= 11 is 0. The van der Waals surface area contributed by atoms with Crippen LogP contribution >= 0.6 is 0 Å². The van der Waals surface area contributed by atoms with E-state index in [-0.39, 0.29) is 13.2 Å². The van der Waals surface area contributed by atoms with E-state index >= 15 is 0 Å². The van der Waals surface area contributed by atoms with Crippen LogP contribution in [0.4, 0.5) is 4.79 Å². The van der Waals surface area contributed by atoms with E-state index < -0.39 is 23.1 Å². The van der Waals surface area contributed by atoms with Gasteiger partial charge in [-0.1, -0.05) is 43.2 Å². The molecule has 1 atom stereocenters. The molecule has 0 aliphatic rings. The second kappa shape index (κ2) is 9.42. The van der Waals surface area contributed by atoms with Crippen LogP contribution in [0, 0.1) is 0 Å².